The monoisotopic (exact) mass is 347 g/mol. The predicted octanol–water partition coefficient (Wildman–Crippen LogP) is 1.68. The normalized spacial score (nSPS) is 15.0. The number of carbonyl (C=O) groups excluding carboxylic acids is 2. The Labute approximate surface area is 150 Å². The number of amides is 2. The van der Waals surface area contributed by atoms with Gasteiger partial charge in [-0.05, 0) is 24.5 Å². The fraction of sp³-hybridized carbons (Fsp3) is 0.579. The van der Waals surface area contributed by atoms with Crippen LogP contribution in [0, 0.1) is 6.92 Å². The largest absolute Gasteiger partial charge is 0.379 e. The van der Waals surface area contributed by atoms with E-state index in [1.165, 1.54) is 6.92 Å². The molecule has 0 atom stereocenters. The van der Waals surface area contributed by atoms with Crippen LogP contribution < -0.4 is 5.32 Å². The predicted molar refractivity (Wildman–Crippen MR) is 98.7 cm³/mol. The van der Waals surface area contributed by atoms with Gasteiger partial charge in [0.2, 0.25) is 11.8 Å². The number of carbonyl (C=O) groups is 2. The van der Waals surface area contributed by atoms with E-state index in [1.807, 2.05) is 25.1 Å². The van der Waals surface area contributed by atoms with E-state index in [0.717, 1.165) is 56.1 Å². The standard InChI is InChI=1S/C19H29N3O3/c1-4-17-7-5-6-15(2)19(17)20-18(24)14-22(16(3)23)9-8-21-10-12-25-13-11-21/h5-7H,4,8-14H2,1-3H3,(H,20,24). The van der Waals surface area contributed by atoms with Crippen LogP contribution in [0.5, 0.6) is 0 Å². The number of hydrogen-bond acceptors (Lipinski definition) is 4. The Kier molecular flexibility index (Phi) is 7.40. The van der Waals surface area contributed by atoms with E-state index in [1.54, 1.807) is 4.90 Å². The van der Waals surface area contributed by atoms with Crippen molar-refractivity contribution in [1.29, 1.82) is 0 Å². The molecule has 1 aromatic rings. The lowest BCUT2D eigenvalue weighted by Crippen LogP contribution is -2.44. The molecule has 0 bridgehead atoms. The van der Waals surface area contributed by atoms with Gasteiger partial charge in [0.1, 0.15) is 0 Å². The Morgan fingerprint density at radius 3 is 2.64 bits per heavy atom. The summed E-state index contributed by atoms with van der Waals surface area (Å²) in [7, 11) is 0. The van der Waals surface area contributed by atoms with Gasteiger partial charge < -0.3 is 15.0 Å². The number of morpholine rings is 1. The van der Waals surface area contributed by atoms with Crippen molar-refractivity contribution in [1.82, 2.24) is 9.80 Å². The molecule has 25 heavy (non-hydrogen) atoms. The summed E-state index contributed by atoms with van der Waals surface area (Å²) in [5.41, 5.74) is 3.01. The van der Waals surface area contributed by atoms with Crippen LogP contribution in [0.1, 0.15) is 25.0 Å². The molecule has 1 aromatic carbocycles. The van der Waals surface area contributed by atoms with Crippen LogP contribution in [-0.2, 0) is 20.7 Å². The number of hydrogen-bond donors (Lipinski definition) is 1. The van der Waals surface area contributed by atoms with Gasteiger partial charge in [0, 0.05) is 38.8 Å². The van der Waals surface area contributed by atoms with Crippen LogP contribution in [0.25, 0.3) is 0 Å². The molecule has 2 amide bonds. The van der Waals surface area contributed by atoms with Crippen molar-refractivity contribution >= 4 is 17.5 Å². The molecule has 1 aliphatic rings. The van der Waals surface area contributed by atoms with Gasteiger partial charge >= 0.3 is 0 Å². The zero-order valence-electron chi connectivity index (χ0n) is 15.5. The minimum Gasteiger partial charge on any atom is -0.379 e. The second kappa shape index (κ2) is 9.53. The fourth-order valence-corrected chi connectivity index (χ4v) is 2.99. The molecule has 6 heteroatoms. The average Bonchev–Trinajstić information content (AvgIpc) is 2.61. The van der Waals surface area contributed by atoms with E-state index in [-0.39, 0.29) is 18.4 Å². The number of benzene rings is 1. The van der Waals surface area contributed by atoms with E-state index < -0.39 is 0 Å². The molecule has 1 fully saturated rings. The molecule has 0 spiro atoms. The highest BCUT2D eigenvalue weighted by Crippen LogP contribution is 2.21. The first-order valence-corrected chi connectivity index (χ1v) is 8.95. The van der Waals surface area contributed by atoms with Crippen molar-refractivity contribution < 1.29 is 14.3 Å². The van der Waals surface area contributed by atoms with Gasteiger partial charge in [0.25, 0.3) is 0 Å². The maximum atomic E-state index is 12.5. The van der Waals surface area contributed by atoms with Crippen molar-refractivity contribution in [2.45, 2.75) is 27.2 Å². The summed E-state index contributed by atoms with van der Waals surface area (Å²) in [6, 6.07) is 5.99. The quantitative estimate of drug-likeness (QED) is 0.815. The van der Waals surface area contributed by atoms with Crippen molar-refractivity contribution in [3.8, 4) is 0 Å². The van der Waals surface area contributed by atoms with Crippen molar-refractivity contribution in [3.63, 3.8) is 0 Å². The van der Waals surface area contributed by atoms with Crippen molar-refractivity contribution in [2.24, 2.45) is 0 Å². The van der Waals surface area contributed by atoms with E-state index in [0.29, 0.717) is 6.54 Å². The number of ether oxygens (including phenoxy) is 1. The molecule has 2 rings (SSSR count). The van der Waals surface area contributed by atoms with Crippen LogP contribution in [0.15, 0.2) is 18.2 Å². The number of nitrogens with zero attached hydrogens (tertiary/aromatic N) is 2. The van der Waals surface area contributed by atoms with Gasteiger partial charge in [-0.15, -0.1) is 0 Å². The molecule has 0 radical (unpaired) electrons. The minimum absolute atomic E-state index is 0.0797. The Morgan fingerprint density at radius 1 is 1.28 bits per heavy atom. The zero-order valence-corrected chi connectivity index (χ0v) is 15.5. The Hall–Kier alpha value is -1.92. The zero-order chi connectivity index (χ0) is 18.2. The highest BCUT2D eigenvalue weighted by Gasteiger charge is 2.17. The molecule has 0 saturated carbocycles. The summed E-state index contributed by atoms with van der Waals surface area (Å²) in [5.74, 6) is -0.231. The molecular formula is C19H29N3O3. The lowest BCUT2D eigenvalue weighted by atomic mass is 10.1. The SMILES string of the molecule is CCc1cccc(C)c1NC(=O)CN(CCN1CCOCC1)C(C)=O. The average molecular weight is 347 g/mol. The van der Waals surface area contributed by atoms with E-state index in [2.05, 4.69) is 17.1 Å². The summed E-state index contributed by atoms with van der Waals surface area (Å²) in [6.45, 7) is 10.2. The lowest BCUT2D eigenvalue weighted by molar-refractivity contribution is -0.133. The molecule has 1 aliphatic heterocycles. The Balaban J connectivity index is 1.92. The number of anilines is 1. The van der Waals surface area contributed by atoms with Crippen LogP contribution in [0.3, 0.4) is 0 Å². The number of aryl methyl sites for hydroxylation is 2. The highest BCUT2D eigenvalue weighted by molar-refractivity contribution is 5.95. The van der Waals surface area contributed by atoms with Crippen LogP contribution in [0.2, 0.25) is 0 Å². The van der Waals surface area contributed by atoms with Gasteiger partial charge in [-0.1, -0.05) is 25.1 Å². The van der Waals surface area contributed by atoms with Gasteiger partial charge in [-0.25, -0.2) is 0 Å². The molecule has 0 unspecified atom stereocenters. The van der Waals surface area contributed by atoms with Gasteiger partial charge in [-0.2, -0.15) is 0 Å². The topological polar surface area (TPSA) is 61.9 Å². The smallest absolute Gasteiger partial charge is 0.244 e. The molecule has 138 valence electrons. The van der Waals surface area contributed by atoms with E-state index >= 15 is 0 Å². The maximum absolute atomic E-state index is 12.5. The van der Waals surface area contributed by atoms with Crippen molar-refractivity contribution in [3.05, 3.63) is 29.3 Å². The molecule has 0 aliphatic carbocycles. The molecule has 1 N–H and O–H groups in total. The number of nitrogens with one attached hydrogen (secondary N) is 1. The first kappa shape index (κ1) is 19.4. The van der Waals surface area contributed by atoms with E-state index in [4.69, 9.17) is 4.74 Å². The Bertz CT molecular complexity index is 598. The first-order chi connectivity index (χ1) is 12.0. The summed E-state index contributed by atoms with van der Waals surface area (Å²) in [4.78, 5) is 28.2. The van der Waals surface area contributed by atoms with Crippen LogP contribution in [-0.4, -0.2) is 67.6 Å². The first-order valence-electron chi connectivity index (χ1n) is 8.95. The fourth-order valence-electron chi connectivity index (χ4n) is 2.99. The molecule has 1 heterocycles. The van der Waals surface area contributed by atoms with Crippen LogP contribution >= 0.6 is 0 Å². The second-order valence-electron chi connectivity index (χ2n) is 6.41. The molecule has 0 aromatic heterocycles. The third kappa shape index (κ3) is 5.83. The summed E-state index contributed by atoms with van der Waals surface area (Å²) >= 11 is 0. The van der Waals surface area contributed by atoms with Gasteiger partial charge in [0.05, 0.1) is 19.8 Å². The highest BCUT2D eigenvalue weighted by atomic mass is 16.5. The second-order valence-corrected chi connectivity index (χ2v) is 6.41. The minimum atomic E-state index is -0.152. The lowest BCUT2D eigenvalue weighted by Gasteiger charge is -2.29. The maximum Gasteiger partial charge on any atom is 0.244 e. The third-order valence-corrected chi connectivity index (χ3v) is 4.57. The van der Waals surface area contributed by atoms with Crippen LogP contribution in [0.4, 0.5) is 5.69 Å². The van der Waals surface area contributed by atoms with Gasteiger partial charge in [-0.3, -0.25) is 14.5 Å². The molecule has 1 saturated heterocycles. The third-order valence-electron chi connectivity index (χ3n) is 4.57. The number of para-hydroxylation sites is 1. The summed E-state index contributed by atoms with van der Waals surface area (Å²) < 4.78 is 5.33. The number of rotatable bonds is 7. The summed E-state index contributed by atoms with van der Waals surface area (Å²) in [6.07, 6.45) is 0.852. The van der Waals surface area contributed by atoms with Gasteiger partial charge in [0.15, 0.2) is 0 Å². The van der Waals surface area contributed by atoms with Crippen molar-refractivity contribution in [2.75, 3.05) is 51.3 Å². The summed E-state index contributed by atoms with van der Waals surface area (Å²) in [5, 5.41) is 2.99. The molecule has 6 nitrogen and oxygen atoms in total. The Morgan fingerprint density at radius 2 is 2.00 bits per heavy atom. The molecular weight excluding hydrogens is 318 g/mol. The van der Waals surface area contributed by atoms with E-state index in [9.17, 15) is 9.59 Å².